The van der Waals surface area contributed by atoms with Gasteiger partial charge in [0.1, 0.15) is 18.3 Å². The van der Waals surface area contributed by atoms with Crippen LogP contribution in [0, 0.1) is 17.6 Å². The van der Waals surface area contributed by atoms with Crippen molar-refractivity contribution in [3.8, 4) is 0 Å². The number of rotatable bonds is 7. The fraction of sp³-hybridized carbons (Fsp3) is 0.516. The molecule has 3 amide bonds. The number of piperazine rings is 1. The number of likely N-dealkylation sites (tertiary alicyclic amines) is 1. The van der Waals surface area contributed by atoms with E-state index in [4.69, 9.17) is 4.74 Å². The maximum Gasteiger partial charge on any atom is 0.410 e. The standard InChI is InChI=1S/C31H39F2N5O4/c1-20-16-37(29-25(32)14-24(15-26(29)33)34-27-8-9-28(39)35-30(27)40)17-21(2)38(20)18-22-10-12-36(13-11-22)31(41)42-19-23-6-4-3-5-7-23/h3-7,14-15,20-22,27,34H,8-13,16-19H2,1-2H3,(H,35,39,40)/t20-,21-,27?/m0/s1. The van der Waals surface area contributed by atoms with Crippen LogP contribution in [0.5, 0.6) is 0 Å². The number of anilines is 2. The second-order valence-corrected chi connectivity index (χ2v) is 11.7. The van der Waals surface area contributed by atoms with Crippen LogP contribution < -0.4 is 15.5 Å². The molecule has 3 heterocycles. The fourth-order valence-corrected chi connectivity index (χ4v) is 6.29. The van der Waals surface area contributed by atoms with Crippen molar-refractivity contribution in [1.82, 2.24) is 15.1 Å². The summed E-state index contributed by atoms with van der Waals surface area (Å²) in [7, 11) is 0. The van der Waals surface area contributed by atoms with E-state index in [1.54, 1.807) is 9.80 Å². The first-order valence-electron chi connectivity index (χ1n) is 14.7. The molecule has 0 aromatic heterocycles. The van der Waals surface area contributed by atoms with Gasteiger partial charge >= 0.3 is 6.09 Å². The van der Waals surface area contributed by atoms with Crippen LogP contribution in [0.15, 0.2) is 42.5 Å². The third-order valence-corrected chi connectivity index (χ3v) is 8.56. The van der Waals surface area contributed by atoms with Gasteiger partial charge < -0.3 is 19.9 Å². The highest BCUT2D eigenvalue weighted by Gasteiger charge is 2.35. The molecule has 9 nitrogen and oxygen atoms in total. The lowest BCUT2D eigenvalue weighted by Gasteiger charge is -2.47. The summed E-state index contributed by atoms with van der Waals surface area (Å²) in [6.07, 6.45) is 1.92. The van der Waals surface area contributed by atoms with Crippen molar-refractivity contribution in [2.45, 2.75) is 64.3 Å². The first-order valence-corrected chi connectivity index (χ1v) is 14.7. The molecular weight excluding hydrogens is 544 g/mol. The van der Waals surface area contributed by atoms with Gasteiger partial charge in [0, 0.05) is 56.9 Å². The molecule has 0 bridgehead atoms. The van der Waals surface area contributed by atoms with Crippen molar-refractivity contribution in [3.05, 3.63) is 59.7 Å². The van der Waals surface area contributed by atoms with Crippen molar-refractivity contribution in [2.24, 2.45) is 5.92 Å². The Kier molecular flexibility index (Phi) is 9.25. The highest BCUT2D eigenvalue weighted by molar-refractivity contribution is 6.01. The summed E-state index contributed by atoms with van der Waals surface area (Å²) in [5.74, 6) is -1.81. The number of nitrogens with zero attached hydrogens (tertiary/aromatic N) is 3. The molecule has 0 aliphatic carbocycles. The summed E-state index contributed by atoms with van der Waals surface area (Å²) in [4.78, 5) is 41.9. The molecule has 226 valence electrons. The largest absolute Gasteiger partial charge is 0.445 e. The first-order chi connectivity index (χ1) is 20.2. The van der Waals surface area contributed by atoms with Crippen LogP contribution in [0.25, 0.3) is 0 Å². The van der Waals surface area contributed by atoms with Crippen molar-refractivity contribution < 1.29 is 27.9 Å². The van der Waals surface area contributed by atoms with Crippen LogP contribution in [-0.2, 0) is 20.9 Å². The molecule has 1 unspecified atom stereocenters. The smallest absolute Gasteiger partial charge is 0.410 e. The molecule has 42 heavy (non-hydrogen) atoms. The maximum atomic E-state index is 15.3. The third kappa shape index (κ3) is 7.00. The molecule has 3 fully saturated rings. The minimum absolute atomic E-state index is 0.0653. The highest BCUT2D eigenvalue weighted by atomic mass is 19.1. The minimum Gasteiger partial charge on any atom is -0.445 e. The zero-order valence-electron chi connectivity index (χ0n) is 24.2. The zero-order valence-corrected chi connectivity index (χ0v) is 24.2. The predicted octanol–water partition coefficient (Wildman–Crippen LogP) is 4.13. The van der Waals surface area contributed by atoms with E-state index in [9.17, 15) is 14.4 Å². The van der Waals surface area contributed by atoms with Crippen molar-refractivity contribution >= 4 is 29.3 Å². The van der Waals surface area contributed by atoms with Gasteiger partial charge in [-0.3, -0.25) is 19.8 Å². The topological polar surface area (TPSA) is 94.2 Å². The quantitative estimate of drug-likeness (QED) is 0.474. The van der Waals surface area contributed by atoms with E-state index in [2.05, 4.69) is 29.4 Å². The second-order valence-electron chi connectivity index (χ2n) is 11.7. The normalized spacial score (nSPS) is 24.0. The summed E-state index contributed by atoms with van der Waals surface area (Å²) in [6.45, 7) is 7.53. The molecule has 0 spiro atoms. The Hall–Kier alpha value is -3.73. The number of amides is 3. The first kappa shape index (κ1) is 29.8. The molecule has 2 aromatic rings. The lowest BCUT2D eigenvalue weighted by molar-refractivity contribution is -0.133. The Morgan fingerprint density at radius 2 is 1.64 bits per heavy atom. The lowest BCUT2D eigenvalue weighted by Crippen LogP contribution is -2.58. The van der Waals surface area contributed by atoms with Crippen LogP contribution in [0.4, 0.5) is 25.0 Å². The number of halogens is 2. The number of hydrogen-bond donors (Lipinski definition) is 2. The highest BCUT2D eigenvalue weighted by Crippen LogP contribution is 2.32. The Balaban J connectivity index is 1.12. The van der Waals surface area contributed by atoms with E-state index in [0.29, 0.717) is 32.1 Å². The van der Waals surface area contributed by atoms with Crippen LogP contribution in [0.3, 0.4) is 0 Å². The van der Waals surface area contributed by atoms with Gasteiger partial charge in [-0.2, -0.15) is 0 Å². The summed E-state index contributed by atoms with van der Waals surface area (Å²) in [6, 6.07) is 11.5. The average Bonchev–Trinajstić information content (AvgIpc) is 2.96. The van der Waals surface area contributed by atoms with Crippen molar-refractivity contribution in [3.63, 3.8) is 0 Å². The van der Waals surface area contributed by atoms with Crippen molar-refractivity contribution in [2.75, 3.05) is 42.9 Å². The second kappa shape index (κ2) is 13.1. The minimum atomic E-state index is -0.720. The molecular formula is C31H39F2N5O4. The number of hydrogen-bond acceptors (Lipinski definition) is 7. The molecule has 3 saturated heterocycles. The Morgan fingerprint density at radius 1 is 1.00 bits per heavy atom. The number of ether oxygens (including phenoxy) is 1. The van der Waals surface area contributed by atoms with E-state index >= 15 is 8.78 Å². The SMILES string of the molecule is C[C@H]1CN(c2c(F)cc(NC3CCC(=O)NC3=O)cc2F)C[C@H](C)N1CC1CCN(C(=O)OCc2ccccc2)CC1. The van der Waals surface area contributed by atoms with Crippen LogP contribution in [0.1, 0.15) is 45.1 Å². The van der Waals surface area contributed by atoms with Gasteiger partial charge in [0.05, 0.1) is 0 Å². The number of carbonyl (C=O) groups is 3. The zero-order chi connectivity index (χ0) is 29.8. The van der Waals surface area contributed by atoms with E-state index in [1.165, 1.54) is 12.1 Å². The Morgan fingerprint density at radius 3 is 2.26 bits per heavy atom. The molecule has 2 N–H and O–H groups in total. The molecule has 3 atom stereocenters. The molecule has 2 aromatic carbocycles. The maximum absolute atomic E-state index is 15.3. The van der Waals surface area contributed by atoms with Crippen molar-refractivity contribution in [1.29, 1.82) is 0 Å². The van der Waals surface area contributed by atoms with E-state index in [1.807, 2.05) is 30.3 Å². The Labute approximate surface area is 245 Å². The summed E-state index contributed by atoms with van der Waals surface area (Å²) in [5, 5.41) is 5.09. The molecule has 0 radical (unpaired) electrons. The van der Waals surface area contributed by atoms with E-state index in [-0.39, 0.29) is 54.9 Å². The van der Waals surface area contributed by atoms with Gasteiger partial charge in [-0.1, -0.05) is 30.3 Å². The van der Waals surface area contributed by atoms with Gasteiger partial charge in [-0.25, -0.2) is 13.6 Å². The molecule has 11 heteroatoms. The number of benzene rings is 2. The van der Waals surface area contributed by atoms with Gasteiger partial charge in [0.15, 0.2) is 11.6 Å². The number of carbonyl (C=O) groups excluding carboxylic acids is 3. The van der Waals surface area contributed by atoms with Gasteiger partial charge in [0.25, 0.3) is 0 Å². The predicted molar refractivity (Wildman–Crippen MR) is 155 cm³/mol. The summed E-state index contributed by atoms with van der Waals surface area (Å²) in [5.41, 5.74) is 1.06. The molecule has 3 aliphatic heterocycles. The van der Waals surface area contributed by atoms with Crippen LogP contribution in [0.2, 0.25) is 0 Å². The van der Waals surface area contributed by atoms with E-state index < -0.39 is 23.6 Å². The molecule has 3 aliphatic rings. The third-order valence-electron chi connectivity index (χ3n) is 8.56. The number of imide groups is 1. The van der Waals surface area contributed by atoms with E-state index in [0.717, 1.165) is 24.9 Å². The van der Waals surface area contributed by atoms with Crippen LogP contribution >= 0.6 is 0 Å². The summed E-state index contributed by atoms with van der Waals surface area (Å²) >= 11 is 0. The lowest BCUT2D eigenvalue weighted by atomic mass is 9.94. The molecule has 0 saturated carbocycles. The Bertz CT molecular complexity index is 1250. The number of nitrogens with one attached hydrogen (secondary N) is 2. The van der Waals surface area contributed by atoms with Gasteiger partial charge in [-0.15, -0.1) is 0 Å². The summed E-state index contributed by atoms with van der Waals surface area (Å²) < 4.78 is 36.0. The van der Waals surface area contributed by atoms with Gasteiger partial charge in [-0.05, 0) is 56.7 Å². The molecule has 5 rings (SSSR count). The van der Waals surface area contributed by atoms with Crippen LogP contribution in [-0.4, -0.2) is 78.6 Å². The fourth-order valence-electron chi connectivity index (χ4n) is 6.29. The monoisotopic (exact) mass is 583 g/mol. The van der Waals surface area contributed by atoms with Gasteiger partial charge in [0.2, 0.25) is 11.8 Å². The average molecular weight is 584 g/mol. The number of piperidine rings is 2.